The minimum atomic E-state index is 0.479. The van der Waals surface area contributed by atoms with Gasteiger partial charge in [0.05, 0.1) is 0 Å². The fourth-order valence-corrected chi connectivity index (χ4v) is 4.73. The van der Waals surface area contributed by atoms with Crippen LogP contribution in [-0.4, -0.2) is 37.1 Å². The van der Waals surface area contributed by atoms with E-state index in [4.69, 9.17) is 0 Å². The van der Waals surface area contributed by atoms with Crippen molar-refractivity contribution in [3.8, 4) is 0 Å². The molecule has 2 heteroatoms. The SMILES string of the molecule is CCCNC1C(CN2CC(C)CC(C)C2)CCC1(C)C. The molecule has 0 bridgehead atoms. The first-order valence-corrected chi connectivity index (χ1v) is 8.88. The van der Waals surface area contributed by atoms with E-state index < -0.39 is 0 Å². The lowest BCUT2D eigenvalue weighted by Crippen LogP contribution is -2.48. The van der Waals surface area contributed by atoms with E-state index in [0.29, 0.717) is 5.41 Å². The number of hydrogen-bond donors (Lipinski definition) is 1. The number of likely N-dealkylation sites (tertiary alicyclic amines) is 1. The normalized spacial score (nSPS) is 38.2. The monoisotopic (exact) mass is 280 g/mol. The predicted molar refractivity (Wildman–Crippen MR) is 88.0 cm³/mol. The van der Waals surface area contributed by atoms with Gasteiger partial charge in [0.1, 0.15) is 0 Å². The van der Waals surface area contributed by atoms with Crippen LogP contribution >= 0.6 is 0 Å². The molecular formula is C18H36N2. The molecule has 1 aliphatic heterocycles. The van der Waals surface area contributed by atoms with Gasteiger partial charge in [-0.15, -0.1) is 0 Å². The van der Waals surface area contributed by atoms with Gasteiger partial charge in [0.15, 0.2) is 0 Å². The zero-order chi connectivity index (χ0) is 14.8. The van der Waals surface area contributed by atoms with E-state index >= 15 is 0 Å². The van der Waals surface area contributed by atoms with Crippen LogP contribution in [0.2, 0.25) is 0 Å². The fourth-order valence-electron chi connectivity index (χ4n) is 4.73. The van der Waals surface area contributed by atoms with Gasteiger partial charge in [-0.25, -0.2) is 0 Å². The molecule has 2 rings (SSSR count). The average molecular weight is 280 g/mol. The number of rotatable bonds is 5. The van der Waals surface area contributed by atoms with E-state index in [0.717, 1.165) is 23.8 Å². The highest BCUT2D eigenvalue weighted by atomic mass is 15.1. The zero-order valence-electron chi connectivity index (χ0n) is 14.4. The quantitative estimate of drug-likeness (QED) is 0.824. The molecule has 1 aliphatic carbocycles. The van der Waals surface area contributed by atoms with Gasteiger partial charge in [-0.3, -0.25) is 0 Å². The van der Waals surface area contributed by atoms with Gasteiger partial charge in [0, 0.05) is 25.7 Å². The Balaban J connectivity index is 1.93. The summed E-state index contributed by atoms with van der Waals surface area (Å²) in [5, 5.41) is 3.86. The van der Waals surface area contributed by atoms with Crippen LogP contribution in [0, 0.1) is 23.2 Å². The Kier molecular flexibility index (Phi) is 5.53. The third-order valence-electron chi connectivity index (χ3n) is 5.52. The van der Waals surface area contributed by atoms with Crippen LogP contribution in [0.3, 0.4) is 0 Å². The standard InChI is InChI=1S/C18H36N2/c1-6-9-19-17-16(7-8-18(17,4)5)13-20-11-14(2)10-15(3)12-20/h14-17,19H,6-13H2,1-5H3. The van der Waals surface area contributed by atoms with Crippen LogP contribution in [0.5, 0.6) is 0 Å². The van der Waals surface area contributed by atoms with E-state index in [-0.39, 0.29) is 0 Å². The van der Waals surface area contributed by atoms with E-state index in [9.17, 15) is 0 Å². The molecule has 4 atom stereocenters. The van der Waals surface area contributed by atoms with E-state index in [1.54, 1.807) is 0 Å². The zero-order valence-corrected chi connectivity index (χ0v) is 14.4. The Bertz CT molecular complexity index is 290. The molecule has 1 heterocycles. The maximum atomic E-state index is 3.86. The summed E-state index contributed by atoms with van der Waals surface area (Å²) in [5.41, 5.74) is 0.479. The number of nitrogens with zero attached hydrogens (tertiary/aromatic N) is 1. The average Bonchev–Trinajstić information content (AvgIpc) is 2.61. The van der Waals surface area contributed by atoms with Gasteiger partial charge in [0.25, 0.3) is 0 Å². The van der Waals surface area contributed by atoms with Crippen LogP contribution in [0.4, 0.5) is 0 Å². The molecule has 118 valence electrons. The van der Waals surface area contributed by atoms with Crippen molar-refractivity contribution in [1.29, 1.82) is 0 Å². The first-order valence-electron chi connectivity index (χ1n) is 8.88. The van der Waals surface area contributed by atoms with Crippen molar-refractivity contribution in [3.63, 3.8) is 0 Å². The Morgan fingerprint density at radius 1 is 1.15 bits per heavy atom. The predicted octanol–water partition coefficient (Wildman–Crippen LogP) is 3.77. The van der Waals surface area contributed by atoms with Crippen molar-refractivity contribution in [3.05, 3.63) is 0 Å². The third-order valence-corrected chi connectivity index (χ3v) is 5.52. The van der Waals surface area contributed by atoms with Crippen molar-refractivity contribution in [2.24, 2.45) is 23.2 Å². The lowest BCUT2D eigenvalue weighted by atomic mass is 9.84. The molecule has 2 aliphatic rings. The number of hydrogen-bond acceptors (Lipinski definition) is 2. The second kappa shape index (κ2) is 6.79. The first-order chi connectivity index (χ1) is 9.42. The van der Waals surface area contributed by atoms with Crippen LogP contribution < -0.4 is 5.32 Å². The van der Waals surface area contributed by atoms with Crippen LogP contribution in [0.25, 0.3) is 0 Å². The Morgan fingerprint density at radius 2 is 1.80 bits per heavy atom. The number of nitrogens with one attached hydrogen (secondary N) is 1. The Labute approximate surface area is 126 Å². The summed E-state index contributed by atoms with van der Waals surface area (Å²) in [5.74, 6) is 2.62. The molecule has 20 heavy (non-hydrogen) atoms. The lowest BCUT2D eigenvalue weighted by Gasteiger charge is -2.39. The highest BCUT2D eigenvalue weighted by molar-refractivity contribution is 4.97. The minimum Gasteiger partial charge on any atom is -0.313 e. The highest BCUT2D eigenvalue weighted by Crippen LogP contribution is 2.42. The molecule has 0 aromatic heterocycles. The molecule has 0 aromatic carbocycles. The smallest absolute Gasteiger partial charge is 0.0159 e. The van der Waals surface area contributed by atoms with Crippen molar-refractivity contribution in [2.45, 2.75) is 66.3 Å². The summed E-state index contributed by atoms with van der Waals surface area (Å²) in [6.45, 7) is 17.2. The molecule has 2 fully saturated rings. The molecule has 2 nitrogen and oxygen atoms in total. The Hall–Kier alpha value is -0.0800. The van der Waals surface area contributed by atoms with Gasteiger partial charge in [-0.05, 0) is 55.4 Å². The largest absolute Gasteiger partial charge is 0.313 e. The molecule has 1 saturated carbocycles. The molecular weight excluding hydrogens is 244 g/mol. The highest BCUT2D eigenvalue weighted by Gasteiger charge is 2.42. The number of piperidine rings is 1. The molecule has 0 amide bonds. The lowest BCUT2D eigenvalue weighted by molar-refractivity contribution is 0.109. The Morgan fingerprint density at radius 3 is 2.40 bits per heavy atom. The van der Waals surface area contributed by atoms with Gasteiger partial charge in [0.2, 0.25) is 0 Å². The molecule has 0 radical (unpaired) electrons. The maximum absolute atomic E-state index is 3.86. The summed E-state index contributed by atoms with van der Waals surface area (Å²) in [4.78, 5) is 2.76. The van der Waals surface area contributed by atoms with Crippen LogP contribution in [-0.2, 0) is 0 Å². The fraction of sp³-hybridized carbons (Fsp3) is 1.00. The first kappa shape index (κ1) is 16.3. The van der Waals surface area contributed by atoms with E-state index in [1.165, 1.54) is 51.9 Å². The summed E-state index contributed by atoms with van der Waals surface area (Å²) < 4.78 is 0. The second-order valence-electron chi connectivity index (χ2n) is 8.38. The van der Waals surface area contributed by atoms with Crippen molar-refractivity contribution in [2.75, 3.05) is 26.2 Å². The topological polar surface area (TPSA) is 15.3 Å². The minimum absolute atomic E-state index is 0.479. The summed E-state index contributed by atoms with van der Waals surface area (Å²) in [7, 11) is 0. The van der Waals surface area contributed by atoms with Gasteiger partial charge < -0.3 is 10.2 Å². The maximum Gasteiger partial charge on any atom is 0.0159 e. The van der Waals surface area contributed by atoms with Crippen LogP contribution in [0.1, 0.15) is 60.3 Å². The molecule has 4 unspecified atom stereocenters. The van der Waals surface area contributed by atoms with E-state index in [2.05, 4.69) is 44.8 Å². The third kappa shape index (κ3) is 3.98. The van der Waals surface area contributed by atoms with E-state index in [1.807, 2.05) is 0 Å². The van der Waals surface area contributed by atoms with Gasteiger partial charge in [-0.2, -0.15) is 0 Å². The van der Waals surface area contributed by atoms with Gasteiger partial charge >= 0.3 is 0 Å². The van der Waals surface area contributed by atoms with Crippen molar-refractivity contribution >= 4 is 0 Å². The summed E-state index contributed by atoms with van der Waals surface area (Å²) in [6.07, 6.45) is 5.47. The molecule has 1 N–H and O–H groups in total. The summed E-state index contributed by atoms with van der Waals surface area (Å²) >= 11 is 0. The second-order valence-corrected chi connectivity index (χ2v) is 8.38. The summed E-state index contributed by atoms with van der Waals surface area (Å²) in [6, 6.07) is 0.718. The van der Waals surface area contributed by atoms with Gasteiger partial charge in [-0.1, -0.05) is 34.6 Å². The van der Waals surface area contributed by atoms with Crippen molar-refractivity contribution in [1.82, 2.24) is 10.2 Å². The molecule has 1 saturated heterocycles. The molecule has 0 aromatic rings. The van der Waals surface area contributed by atoms with Crippen LogP contribution in [0.15, 0.2) is 0 Å². The van der Waals surface area contributed by atoms with Crippen molar-refractivity contribution < 1.29 is 0 Å². The molecule has 0 spiro atoms.